The number of nitrogens with zero attached hydrogens (tertiary/aromatic N) is 3. The molecule has 1 heterocycles. The lowest BCUT2D eigenvalue weighted by Gasteiger charge is -2.39. The number of carbonyl (C=O) groups excluding carboxylic acids is 3. The zero-order chi connectivity index (χ0) is 41.6. The molecule has 11 heteroatoms. The molecule has 4 aromatic carbocycles. The van der Waals surface area contributed by atoms with E-state index in [0.29, 0.717) is 32.5 Å². The Morgan fingerprint density at radius 1 is 0.862 bits per heavy atom. The molecule has 1 aliphatic heterocycles. The lowest BCUT2D eigenvalue weighted by atomic mass is 9.87. The van der Waals surface area contributed by atoms with Crippen molar-refractivity contribution in [3.8, 4) is 0 Å². The Kier molecular flexibility index (Phi) is 13.2. The summed E-state index contributed by atoms with van der Waals surface area (Å²) in [7, 11) is 3.67. The lowest BCUT2D eigenvalue weighted by molar-refractivity contribution is -0.143. The molecule has 4 aromatic rings. The van der Waals surface area contributed by atoms with Crippen LogP contribution in [0.3, 0.4) is 0 Å². The van der Waals surface area contributed by atoms with Crippen molar-refractivity contribution in [2.24, 2.45) is 0 Å². The molecule has 11 nitrogen and oxygen atoms in total. The fourth-order valence-corrected chi connectivity index (χ4v) is 7.81. The fourth-order valence-electron chi connectivity index (χ4n) is 7.81. The first-order valence-corrected chi connectivity index (χ1v) is 20.2. The van der Waals surface area contributed by atoms with Gasteiger partial charge in [-0.1, -0.05) is 72.8 Å². The molecular weight excluding hydrogens is 731 g/mol. The Hall–Kier alpha value is -5.68. The van der Waals surface area contributed by atoms with E-state index in [1.54, 1.807) is 24.1 Å². The van der Waals surface area contributed by atoms with E-state index in [-0.39, 0.29) is 29.5 Å². The number of nitrogens with one attached hydrogen (secondary N) is 2. The normalized spacial score (nSPS) is 17.2. The number of ether oxygens (including phenoxy) is 1. The first kappa shape index (κ1) is 41.9. The smallest absolute Gasteiger partial charge is 0.410 e. The van der Waals surface area contributed by atoms with Gasteiger partial charge in [-0.05, 0) is 111 Å². The van der Waals surface area contributed by atoms with Gasteiger partial charge in [0.15, 0.2) is 0 Å². The van der Waals surface area contributed by atoms with E-state index in [1.165, 1.54) is 10.5 Å². The van der Waals surface area contributed by atoms with Crippen molar-refractivity contribution in [3.05, 3.63) is 136 Å². The molecular formula is C47H57N5O6. The highest BCUT2D eigenvalue weighted by Gasteiger charge is 2.39. The van der Waals surface area contributed by atoms with Crippen molar-refractivity contribution in [1.29, 1.82) is 0 Å². The highest BCUT2D eigenvalue weighted by molar-refractivity contribution is 5.91. The van der Waals surface area contributed by atoms with Crippen molar-refractivity contribution in [2.75, 3.05) is 25.5 Å². The molecule has 0 spiro atoms. The van der Waals surface area contributed by atoms with Crippen LogP contribution in [0.15, 0.2) is 97.1 Å². The van der Waals surface area contributed by atoms with Crippen LogP contribution >= 0.6 is 0 Å². The quantitative estimate of drug-likeness (QED) is 0.133. The summed E-state index contributed by atoms with van der Waals surface area (Å²) in [6, 6.07) is 29.3. The third-order valence-corrected chi connectivity index (χ3v) is 11.3. The van der Waals surface area contributed by atoms with E-state index in [1.807, 2.05) is 108 Å². The molecule has 0 radical (unpaired) electrons. The highest BCUT2D eigenvalue weighted by atomic mass is 16.6. The fraction of sp³-hybridized carbons (Fsp3) is 0.404. The minimum Gasteiger partial charge on any atom is -0.478 e. The van der Waals surface area contributed by atoms with Crippen LogP contribution in [0.4, 0.5) is 10.5 Å². The molecule has 3 N–H and O–H groups in total. The Labute approximate surface area is 342 Å². The number of anilines is 1. The topological polar surface area (TPSA) is 132 Å². The average Bonchev–Trinajstić information content (AvgIpc) is 3.21. The molecule has 0 aromatic heterocycles. The Balaban J connectivity index is 1.24. The van der Waals surface area contributed by atoms with Crippen LogP contribution in [0.25, 0.3) is 0 Å². The number of carbonyl (C=O) groups is 4. The standard InChI is InChI=1S/C47H57N5O6/c1-31(51(6)46(57)58-47(2,3)4)28-48-41(26-32-20-24-38(25-21-32)50(5)29-33-18-22-35(23-19-33)45(55)56)44(54)52-30-37-14-8-7-13-36(37)27-42(52)43(53)49-40-17-11-15-34-12-9-10-16-39(34)40/h7-10,12-14,16,18-25,31,40-42,48H,11,15,17,26-30H2,1-6H3,(H,49,53)(H,55,56)/t31-,40+,41-,42-/m0/s1. The summed E-state index contributed by atoms with van der Waals surface area (Å²) in [6.45, 7) is 8.59. The number of benzene rings is 4. The monoisotopic (exact) mass is 787 g/mol. The second kappa shape index (κ2) is 18.3. The molecule has 0 bridgehead atoms. The van der Waals surface area contributed by atoms with Gasteiger partial charge in [-0.3, -0.25) is 9.59 Å². The van der Waals surface area contributed by atoms with Gasteiger partial charge in [-0.2, -0.15) is 0 Å². The number of hydrogen-bond acceptors (Lipinski definition) is 7. The van der Waals surface area contributed by atoms with E-state index < -0.39 is 29.7 Å². The molecule has 2 aliphatic rings. The van der Waals surface area contributed by atoms with E-state index in [9.17, 15) is 24.3 Å². The Bertz CT molecular complexity index is 2080. The molecule has 4 atom stereocenters. The average molecular weight is 788 g/mol. The first-order chi connectivity index (χ1) is 27.7. The number of rotatable bonds is 13. The number of likely N-dealkylation sites (N-methyl/N-ethyl adjacent to an activating group) is 1. The summed E-state index contributed by atoms with van der Waals surface area (Å²) in [4.78, 5) is 59.0. The van der Waals surface area contributed by atoms with Crippen LogP contribution in [0.5, 0.6) is 0 Å². The molecule has 6 rings (SSSR count). The van der Waals surface area contributed by atoms with Crippen LogP contribution in [-0.4, -0.2) is 83.1 Å². The van der Waals surface area contributed by atoms with Crippen LogP contribution in [0.1, 0.15) is 90.3 Å². The first-order valence-electron chi connectivity index (χ1n) is 20.2. The third-order valence-electron chi connectivity index (χ3n) is 11.3. The molecule has 58 heavy (non-hydrogen) atoms. The molecule has 3 amide bonds. The van der Waals surface area contributed by atoms with Gasteiger partial charge in [-0.25, -0.2) is 9.59 Å². The van der Waals surface area contributed by atoms with Crippen molar-refractivity contribution >= 4 is 29.6 Å². The minimum absolute atomic E-state index is 0.120. The number of aromatic carboxylic acids is 1. The number of carboxylic acids is 1. The van der Waals surface area contributed by atoms with Gasteiger partial charge < -0.3 is 35.2 Å². The predicted octanol–water partition coefficient (Wildman–Crippen LogP) is 6.92. The summed E-state index contributed by atoms with van der Waals surface area (Å²) in [5.74, 6) is -1.30. The number of fused-ring (bicyclic) bond motifs is 2. The van der Waals surface area contributed by atoms with Crippen LogP contribution < -0.4 is 15.5 Å². The number of carboxylic acid groups (broad SMARTS) is 1. The predicted molar refractivity (Wildman–Crippen MR) is 226 cm³/mol. The van der Waals surface area contributed by atoms with Gasteiger partial charge in [0.1, 0.15) is 11.6 Å². The molecule has 1 aliphatic carbocycles. The second-order valence-corrected chi connectivity index (χ2v) is 16.7. The van der Waals surface area contributed by atoms with Crippen LogP contribution in [-0.2, 0) is 46.7 Å². The van der Waals surface area contributed by atoms with Crippen molar-refractivity contribution in [2.45, 2.75) is 103 Å². The van der Waals surface area contributed by atoms with Gasteiger partial charge >= 0.3 is 12.1 Å². The third kappa shape index (κ3) is 10.4. The summed E-state index contributed by atoms with van der Waals surface area (Å²) in [6.07, 6.45) is 3.12. The summed E-state index contributed by atoms with van der Waals surface area (Å²) < 4.78 is 5.62. The zero-order valence-electron chi connectivity index (χ0n) is 34.5. The molecule has 0 fully saturated rings. The Morgan fingerprint density at radius 2 is 1.50 bits per heavy atom. The van der Waals surface area contributed by atoms with E-state index in [4.69, 9.17) is 4.74 Å². The lowest BCUT2D eigenvalue weighted by Crippen LogP contribution is -2.58. The highest BCUT2D eigenvalue weighted by Crippen LogP contribution is 2.31. The molecule has 0 saturated carbocycles. The second-order valence-electron chi connectivity index (χ2n) is 16.7. The SMILES string of the molecule is C[C@@H](CN[C@@H](Cc1ccc(N(C)Cc2ccc(C(=O)O)cc2)cc1)C(=O)N1Cc2ccccc2C[C@H]1C(=O)N[C@@H]1CCCc2ccccc21)N(C)C(=O)OC(C)(C)C. The van der Waals surface area contributed by atoms with Gasteiger partial charge in [0.05, 0.1) is 17.6 Å². The Morgan fingerprint density at radius 3 is 2.17 bits per heavy atom. The van der Waals surface area contributed by atoms with Gasteiger partial charge in [0.25, 0.3) is 0 Å². The van der Waals surface area contributed by atoms with Gasteiger partial charge in [0.2, 0.25) is 11.8 Å². The minimum atomic E-state index is -0.958. The number of amides is 3. The number of hydrogen-bond donors (Lipinski definition) is 3. The zero-order valence-corrected chi connectivity index (χ0v) is 34.5. The molecule has 0 saturated heterocycles. The summed E-state index contributed by atoms with van der Waals surface area (Å²) in [5.41, 5.74) is 6.94. The van der Waals surface area contributed by atoms with E-state index >= 15 is 0 Å². The van der Waals surface area contributed by atoms with E-state index in [0.717, 1.165) is 52.8 Å². The van der Waals surface area contributed by atoms with Crippen molar-refractivity contribution in [3.63, 3.8) is 0 Å². The molecule has 306 valence electrons. The maximum atomic E-state index is 15.0. The van der Waals surface area contributed by atoms with Crippen LogP contribution in [0, 0.1) is 0 Å². The largest absolute Gasteiger partial charge is 0.478 e. The van der Waals surface area contributed by atoms with E-state index in [2.05, 4.69) is 27.7 Å². The summed E-state index contributed by atoms with van der Waals surface area (Å²) in [5, 5.41) is 16.1. The van der Waals surface area contributed by atoms with Crippen molar-refractivity contribution < 1.29 is 29.0 Å². The number of aryl methyl sites for hydroxylation is 1. The maximum absolute atomic E-state index is 15.0. The van der Waals surface area contributed by atoms with Crippen LogP contribution in [0.2, 0.25) is 0 Å². The van der Waals surface area contributed by atoms with Gasteiger partial charge in [0, 0.05) is 51.9 Å². The summed E-state index contributed by atoms with van der Waals surface area (Å²) >= 11 is 0. The van der Waals surface area contributed by atoms with Gasteiger partial charge in [-0.15, -0.1) is 0 Å². The maximum Gasteiger partial charge on any atom is 0.410 e. The van der Waals surface area contributed by atoms with Crippen molar-refractivity contribution in [1.82, 2.24) is 20.4 Å². The molecule has 0 unspecified atom stereocenters.